The number of carbonyl (C=O) groups is 1. The third-order valence-electron chi connectivity index (χ3n) is 5.28. The van der Waals surface area contributed by atoms with Gasteiger partial charge in [-0.3, -0.25) is 4.79 Å². The summed E-state index contributed by atoms with van der Waals surface area (Å²) >= 11 is 6.20. The number of oxazole rings is 1. The van der Waals surface area contributed by atoms with Crippen LogP contribution in [-0.4, -0.2) is 49.0 Å². The highest BCUT2D eigenvalue weighted by molar-refractivity contribution is 6.33. The SMILES string of the molecule is CN1CCN(c2ccc(NC(=O)CCc3ncc(-c4ccccc4Cl)o3)cc2)CC1. The van der Waals surface area contributed by atoms with Crippen molar-refractivity contribution >= 4 is 28.9 Å². The van der Waals surface area contributed by atoms with Crippen molar-refractivity contribution in [1.29, 1.82) is 0 Å². The minimum absolute atomic E-state index is 0.0696. The Morgan fingerprint density at radius 1 is 1.10 bits per heavy atom. The molecule has 1 amide bonds. The van der Waals surface area contributed by atoms with Crippen molar-refractivity contribution in [3.63, 3.8) is 0 Å². The number of likely N-dealkylation sites (N-methyl/N-ethyl adjacent to an activating group) is 1. The fourth-order valence-electron chi connectivity index (χ4n) is 3.48. The van der Waals surface area contributed by atoms with Crippen LogP contribution in [0.3, 0.4) is 0 Å². The second kappa shape index (κ2) is 9.32. The first-order valence-electron chi connectivity index (χ1n) is 10.1. The molecule has 1 fully saturated rings. The summed E-state index contributed by atoms with van der Waals surface area (Å²) in [6, 6.07) is 15.5. The zero-order valence-corrected chi connectivity index (χ0v) is 17.7. The molecule has 0 radical (unpaired) electrons. The number of anilines is 2. The van der Waals surface area contributed by atoms with Gasteiger partial charge in [-0.15, -0.1) is 0 Å². The Kier molecular flexibility index (Phi) is 6.35. The molecule has 0 spiro atoms. The summed E-state index contributed by atoms with van der Waals surface area (Å²) in [6.45, 7) is 4.18. The zero-order chi connectivity index (χ0) is 20.9. The van der Waals surface area contributed by atoms with Gasteiger partial charge >= 0.3 is 0 Å². The van der Waals surface area contributed by atoms with Crippen molar-refractivity contribution in [3.05, 3.63) is 65.6 Å². The summed E-state index contributed by atoms with van der Waals surface area (Å²) in [4.78, 5) is 21.3. The van der Waals surface area contributed by atoms with Gasteiger partial charge in [-0.1, -0.05) is 23.7 Å². The predicted octanol–water partition coefficient (Wildman–Crippen LogP) is 4.32. The Hall–Kier alpha value is -2.83. The van der Waals surface area contributed by atoms with Crippen molar-refractivity contribution < 1.29 is 9.21 Å². The van der Waals surface area contributed by atoms with Gasteiger partial charge in [0.2, 0.25) is 5.91 Å². The van der Waals surface area contributed by atoms with E-state index in [0.29, 0.717) is 29.5 Å². The van der Waals surface area contributed by atoms with E-state index in [1.165, 1.54) is 5.69 Å². The first kappa shape index (κ1) is 20.4. The minimum atomic E-state index is -0.0696. The van der Waals surface area contributed by atoms with Crippen LogP contribution >= 0.6 is 11.6 Å². The van der Waals surface area contributed by atoms with Crippen molar-refractivity contribution in [2.75, 3.05) is 43.4 Å². The van der Waals surface area contributed by atoms with Gasteiger partial charge in [-0.2, -0.15) is 0 Å². The van der Waals surface area contributed by atoms with Crippen LogP contribution in [0.15, 0.2) is 59.1 Å². The molecule has 1 aromatic heterocycles. The van der Waals surface area contributed by atoms with Crippen LogP contribution in [0, 0.1) is 0 Å². The molecule has 30 heavy (non-hydrogen) atoms. The molecule has 0 unspecified atom stereocenters. The Labute approximate surface area is 181 Å². The maximum absolute atomic E-state index is 12.3. The normalized spacial score (nSPS) is 14.7. The average Bonchev–Trinajstić information content (AvgIpc) is 3.23. The number of carbonyl (C=O) groups excluding carboxylic acids is 1. The van der Waals surface area contributed by atoms with Crippen LogP contribution in [0.25, 0.3) is 11.3 Å². The highest BCUT2D eigenvalue weighted by Crippen LogP contribution is 2.28. The summed E-state index contributed by atoms with van der Waals surface area (Å²) in [5, 5.41) is 3.55. The minimum Gasteiger partial charge on any atom is -0.441 e. The number of piperazine rings is 1. The van der Waals surface area contributed by atoms with E-state index in [4.69, 9.17) is 16.0 Å². The third kappa shape index (κ3) is 5.01. The molecule has 7 heteroatoms. The molecule has 0 saturated carbocycles. The van der Waals surface area contributed by atoms with Crippen LogP contribution in [0.2, 0.25) is 5.02 Å². The van der Waals surface area contributed by atoms with Crippen molar-refractivity contribution in [2.45, 2.75) is 12.8 Å². The lowest BCUT2D eigenvalue weighted by Gasteiger charge is -2.34. The van der Waals surface area contributed by atoms with Gasteiger partial charge in [0.15, 0.2) is 11.7 Å². The maximum atomic E-state index is 12.3. The number of hydrogen-bond donors (Lipinski definition) is 1. The molecule has 2 aromatic carbocycles. The molecule has 0 atom stereocenters. The number of nitrogens with one attached hydrogen (secondary N) is 1. The van der Waals surface area contributed by atoms with Crippen LogP contribution < -0.4 is 10.2 Å². The van der Waals surface area contributed by atoms with E-state index >= 15 is 0 Å². The molecule has 6 nitrogen and oxygen atoms in total. The van der Waals surface area contributed by atoms with E-state index in [0.717, 1.165) is 37.4 Å². The van der Waals surface area contributed by atoms with Crippen molar-refractivity contribution in [1.82, 2.24) is 9.88 Å². The van der Waals surface area contributed by atoms with E-state index < -0.39 is 0 Å². The largest absolute Gasteiger partial charge is 0.441 e. The van der Waals surface area contributed by atoms with Gasteiger partial charge in [-0.25, -0.2) is 4.98 Å². The summed E-state index contributed by atoms with van der Waals surface area (Å²) in [7, 11) is 2.14. The maximum Gasteiger partial charge on any atom is 0.224 e. The topological polar surface area (TPSA) is 61.6 Å². The Balaban J connectivity index is 1.28. The van der Waals surface area contributed by atoms with Crippen molar-refractivity contribution in [2.24, 2.45) is 0 Å². The highest BCUT2D eigenvalue weighted by atomic mass is 35.5. The van der Waals surface area contributed by atoms with E-state index in [-0.39, 0.29) is 5.91 Å². The van der Waals surface area contributed by atoms with Gasteiger partial charge in [0, 0.05) is 56.0 Å². The molecule has 3 aromatic rings. The molecule has 1 N–H and O–H groups in total. The lowest BCUT2D eigenvalue weighted by molar-refractivity contribution is -0.116. The second-order valence-electron chi connectivity index (χ2n) is 7.48. The van der Waals surface area contributed by atoms with Gasteiger partial charge < -0.3 is 19.5 Å². The lowest BCUT2D eigenvalue weighted by atomic mass is 10.2. The van der Waals surface area contributed by atoms with Crippen LogP contribution in [0.5, 0.6) is 0 Å². The van der Waals surface area contributed by atoms with Crippen molar-refractivity contribution in [3.8, 4) is 11.3 Å². The molecular weight excluding hydrogens is 400 g/mol. The number of nitrogens with zero attached hydrogens (tertiary/aromatic N) is 3. The molecule has 2 heterocycles. The smallest absolute Gasteiger partial charge is 0.224 e. The fraction of sp³-hybridized carbons (Fsp3) is 0.304. The lowest BCUT2D eigenvalue weighted by Crippen LogP contribution is -2.44. The fourth-order valence-corrected chi connectivity index (χ4v) is 3.70. The van der Waals surface area contributed by atoms with Gasteiger partial charge in [0.25, 0.3) is 0 Å². The van der Waals surface area contributed by atoms with Gasteiger partial charge in [0.1, 0.15) is 0 Å². The molecule has 4 rings (SSSR count). The van der Waals surface area contributed by atoms with E-state index in [9.17, 15) is 4.79 Å². The van der Waals surface area contributed by atoms with Gasteiger partial charge in [-0.05, 0) is 43.4 Å². The van der Waals surface area contributed by atoms with Gasteiger partial charge in [0.05, 0.1) is 11.2 Å². The zero-order valence-electron chi connectivity index (χ0n) is 17.0. The number of aryl methyl sites for hydroxylation is 1. The number of aromatic nitrogens is 1. The number of rotatable bonds is 6. The molecule has 0 bridgehead atoms. The molecule has 1 aliphatic rings. The van der Waals surface area contributed by atoms with E-state index in [2.05, 4.69) is 39.3 Å². The Morgan fingerprint density at radius 2 is 1.83 bits per heavy atom. The quantitative estimate of drug-likeness (QED) is 0.638. The number of halogens is 1. The Morgan fingerprint density at radius 3 is 2.57 bits per heavy atom. The number of amides is 1. The van der Waals surface area contributed by atoms with Crippen LogP contribution in [0.4, 0.5) is 11.4 Å². The average molecular weight is 425 g/mol. The van der Waals surface area contributed by atoms with Crippen LogP contribution in [0.1, 0.15) is 12.3 Å². The second-order valence-corrected chi connectivity index (χ2v) is 7.89. The standard InChI is InChI=1S/C23H25ClN4O2/c1-27-12-14-28(15-13-27)18-8-6-17(7-9-18)26-22(29)10-11-23-25-16-21(30-23)19-4-2-3-5-20(19)24/h2-9,16H,10-15H2,1H3,(H,26,29). The van der Waals surface area contributed by atoms with E-state index in [1.807, 2.05) is 36.4 Å². The Bertz CT molecular complexity index is 994. The number of benzene rings is 2. The van der Waals surface area contributed by atoms with E-state index in [1.54, 1.807) is 6.20 Å². The summed E-state index contributed by atoms with van der Waals surface area (Å²) < 4.78 is 5.76. The first-order valence-corrected chi connectivity index (χ1v) is 10.5. The molecule has 156 valence electrons. The molecule has 1 aliphatic heterocycles. The third-order valence-corrected chi connectivity index (χ3v) is 5.61. The summed E-state index contributed by atoms with van der Waals surface area (Å²) in [5.74, 6) is 1.06. The summed E-state index contributed by atoms with van der Waals surface area (Å²) in [6.07, 6.45) is 2.36. The summed E-state index contributed by atoms with van der Waals surface area (Å²) in [5.41, 5.74) is 2.78. The molecule has 1 saturated heterocycles. The monoisotopic (exact) mass is 424 g/mol. The van der Waals surface area contributed by atoms with Crippen LogP contribution in [-0.2, 0) is 11.2 Å². The first-order chi connectivity index (χ1) is 14.6. The number of hydrogen-bond acceptors (Lipinski definition) is 5. The molecular formula is C23H25ClN4O2. The highest BCUT2D eigenvalue weighted by Gasteiger charge is 2.14. The molecule has 0 aliphatic carbocycles. The predicted molar refractivity (Wildman–Crippen MR) is 120 cm³/mol.